The average Bonchev–Trinajstić information content (AvgIpc) is 2.34. The van der Waals surface area contributed by atoms with Gasteiger partial charge in [-0.05, 0) is 31.4 Å². The second-order valence-corrected chi connectivity index (χ2v) is 4.13. The Labute approximate surface area is 100 Å². The fourth-order valence-electron chi connectivity index (χ4n) is 1.41. The van der Waals surface area contributed by atoms with Crippen LogP contribution in [0.15, 0.2) is 18.5 Å². The van der Waals surface area contributed by atoms with Gasteiger partial charge in [-0.15, -0.1) is 0 Å². The summed E-state index contributed by atoms with van der Waals surface area (Å²) < 4.78 is 12.8. The molecule has 17 heavy (non-hydrogen) atoms. The van der Waals surface area contributed by atoms with E-state index in [-0.39, 0.29) is 11.5 Å². The molecule has 1 aromatic rings. The van der Waals surface area contributed by atoms with Crippen molar-refractivity contribution < 1.29 is 9.18 Å². The second kappa shape index (κ2) is 6.96. The topological polar surface area (TPSA) is 68.0 Å². The van der Waals surface area contributed by atoms with Gasteiger partial charge in [-0.2, -0.15) is 0 Å². The normalized spacial score (nSPS) is 12.2. The van der Waals surface area contributed by atoms with E-state index in [1.165, 1.54) is 12.3 Å². The molecule has 0 bridgehead atoms. The Balaban J connectivity index is 2.30. The number of hydrogen-bond donors (Lipinski definition) is 2. The maximum atomic E-state index is 12.8. The van der Waals surface area contributed by atoms with Gasteiger partial charge in [-0.3, -0.25) is 9.78 Å². The van der Waals surface area contributed by atoms with Crippen molar-refractivity contribution in [1.29, 1.82) is 0 Å². The lowest BCUT2D eigenvalue weighted by molar-refractivity contribution is 0.0951. The maximum absolute atomic E-state index is 12.8. The van der Waals surface area contributed by atoms with Crippen LogP contribution in [0, 0.1) is 11.7 Å². The number of aromatic nitrogens is 1. The predicted molar refractivity (Wildman–Crippen MR) is 64.0 cm³/mol. The number of nitrogens with zero attached hydrogens (tertiary/aromatic N) is 1. The summed E-state index contributed by atoms with van der Waals surface area (Å²) >= 11 is 0. The summed E-state index contributed by atoms with van der Waals surface area (Å²) in [6, 6.07) is 1.17. The molecule has 1 unspecified atom stereocenters. The van der Waals surface area contributed by atoms with Gasteiger partial charge >= 0.3 is 0 Å². The number of nitrogens with one attached hydrogen (secondary N) is 1. The first kappa shape index (κ1) is 13.6. The Morgan fingerprint density at radius 1 is 1.59 bits per heavy atom. The van der Waals surface area contributed by atoms with Crippen molar-refractivity contribution in [3.8, 4) is 0 Å². The smallest absolute Gasteiger partial charge is 0.252 e. The number of carbonyl (C=O) groups is 1. The lowest BCUT2D eigenvalue weighted by atomic mass is 10.1. The van der Waals surface area contributed by atoms with Gasteiger partial charge in [0.1, 0.15) is 5.82 Å². The molecule has 0 radical (unpaired) electrons. The lowest BCUT2D eigenvalue weighted by Gasteiger charge is -2.08. The molecule has 0 fully saturated rings. The molecule has 4 nitrogen and oxygen atoms in total. The molecule has 0 saturated heterocycles. The van der Waals surface area contributed by atoms with E-state index >= 15 is 0 Å². The van der Waals surface area contributed by atoms with E-state index in [0.29, 0.717) is 19.0 Å². The minimum absolute atomic E-state index is 0.247. The van der Waals surface area contributed by atoms with E-state index in [1.807, 2.05) is 0 Å². The molecule has 0 spiro atoms. The molecule has 94 valence electrons. The Morgan fingerprint density at radius 2 is 2.35 bits per heavy atom. The average molecular weight is 239 g/mol. The first-order valence-corrected chi connectivity index (χ1v) is 5.72. The molecule has 5 heteroatoms. The molecule has 1 aromatic heterocycles. The number of nitrogens with two attached hydrogens (primary N) is 1. The highest BCUT2D eigenvalue weighted by molar-refractivity contribution is 5.93. The zero-order chi connectivity index (χ0) is 12.7. The van der Waals surface area contributed by atoms with E-state index < -0.39 is 5.82 Å². The quantitative estimate of drug-likeness (QED) is 0.736. The summed E-state index contributed by atoms with van der Waals surface area (Å²) in [5, 5.41) is 2.72. The first-order valence-electron chi connectivity index (χ1n) is 5.72. The number of halogens is 1. The zero-order valence-electron chi connectivity index (χ0n) is 9.95. The van der Waals surface area contributed by atoms with Crippen molar-refractivity contribution in [2.75, 3.05) is 13.1 Å². The van der Waals surface area contributed by atoms with Crippen LogP contribution in [0.2, 0.25) is 0 Å². The first-order chi connectivity index (χ1) is 8.13. The molecule has 0 aromatic carbocycles. The summed E-state index contributed by atoms with van der Waals surface area (Å²) in [4.78, 5) is 15.2. The van der Waals surface area contributed by atoms with Gasteiger partial charge < -0.3 is 11.1 Å². The standard InChI is InChI=1S/C12H18FN3O/c1-9(6-14)3-2-4-16-12(17)10-5-11(13)8-15-7-10/h5,7-9H,2-4,6,14H2,1H3,(H,16,17). The monoisotopic (exact) mass is 239 g/mol. The SMILES string of the molecule is CC(CN)CCCNC(=O)c1cncc(F)c1. The van der Waals surface area contributed by atoms with Crippen LogP contribution in [-0.4, -0.2) is 24.0 Å². The van der Waals surface area contributed by atoms with Crippen molar-refractivity contribution in [1.82, 2.24) is 10.3 Å². The van der Waals surface area contributed by atoms with Crippen LogP contribution in [0.3, 0.4) is 0 Å². The highest BCUT2D eigenvalue weighted by atomic mass is 19.1. The van der Waals surface area contributed by atoms with Crippen LogP contribution in [0.4, 0.5) is 4.39 Å². The van der Waals surface area contributed by atoms with Crippen molar-refractivity contribution in [3.05, 3.63) is 29.8 Å². The second-order valence-electron chi connectivity index (χ2n) is 4.13. The molecule has 0 saturated carbocycles. The molecule has 1 heterocycles. The third-order valence-corrected chi connectivity index (χ3v) is 2.53. The summed E-state index contributed by atoms with van der Waals surface area (Å²) in [5.74, 6) is -0.338. The van der Waals surface area contributed by atoms with E-state index in [2.05, 4.69) is 17.2 Å². The van der Waals surface area contributed by atoms with E-state index in [1.54, 1.807) is 0 Å². The maximum Gasteiger partial charge on any atom is 0.252 e. The van der Waals surface area contributed by atoms with Crippen LogP contribution >= 0.6 is 0 Å². The lowest BCUT2D eigenvalue weighted by Crippen LogP contribution is -2.25. The fourth-order valence-corrected chi connectivity index (χ4v) is 1.41. The molecule has 0 aliphatic carbocycles. The summed E-state index contributed by atoms with van der Waals surface area (Å²) in [6.07, 6.45) is 4.26. The van der Waals surface area contributed by atoms with Crippen molar-refractivity contribution in [2.24, 2.45) is 11.7 Å². The molecule has 1 rings (SSSR count). The number of carbonyl (C=O) groups excluding carboxylic acids is 1. The molecule has 1 amide bonds. The van der Waals surface area contributed by atoms with Gasteiger partial charge in [-0.25, -0.2) is 4.39 Å². The minimum atomic E-state index is -0.505. The van der Waals surface area contributed by atoms with Gasteiger partial charge in [0.2, 0.25) is 0 Å². The fraction of sp³-hybridized carbons (Fsp3) is 0.500. The van der Waals surface area contributed by atoms with Gasteiger partial charge in [0.05, 0.1) is 11.8 Å². The third kappa shape index (κ3) is 4.91. The van der Waals surface area contributed by atoms with Crippen LogP contribution in [0.5, 0.6) is 0 Å². The Morgan fingerprint density at radius 3 is 3.00 bits per heavy atom. The van der Waals surface area contributed by atoms with Crippen molar-refractivity contribution in [2.45, 2.75) is 19.8 Å². The zero-order valence-corrected chi connectivity index (χ0v) is 9.95. The summed E-state index contributed by atoms with van der Waals surface area (Å²) in [7, 11) is 0. The van der Waals surface area contributed by atoms with Crippen molar-refractivity contribution in [3.63, 3.8) is 0 Å². The molecule has 1 atom stereocenters. The van der Waals surface area contributed by atoms with Crippen LogP contribution in [-0.2, 0) is 0 Å². The number of amides is 1. The summed E-state index contributed by atoms with van der Waals surface area (Å²) in [5.41, 5.74) is 5.73. The van der Waals surface area contributed by atoms with Crippen LogP contribution in [0.25, 0.3) is 0 Å². The molecular weight excluding hydrogens is 221 g/mol. The molecule has 3 N–H and O–H groups in total. The summed E-state index contributed by atoms with van der Waals surface area (Å²) in [6.45, 7) is 3.29. The van der Waals surface area contributed by atoms with E-state index in [9.17, 15) is 9.18 Å². The molecular formula is C12H18FN3O. The van der Waals surface area contributed by atoms with Crippen molar-refractivity contribution >= 4 is 5.91 Å². The third-order valence-electron chi connectivity index (χ3n) is 2.53. The van der Waals surface area contributed by atoms with Crippen LogP contribution in [0.1, 0.15) is 30.1 Å². The Kier molecular flexibility index (Phi) is 5.56. The molecule has 0 aliphatic rings. The Hall–Kier alpha value is -1.49. The van der Waals surface area contributed by atoms with Gasteiger partial charge in [-0.1, -0.05) is 6.92 Å². The molecule has 0 aliphatic heterocycles. The Bertz CT molecular complexity index is 371. The van der Waals surface area contributed by atoms with Gasteiger partial charge in [0.15, 0.2) is 0 Å². The highest BCUT2D eigenvalue weighted by Crippen LogP contribution is 2.03. The highest BCUT2D eigenvalue weighted by Gasteiger charge is 2.06. The number of pyridine rings is 1. The van der Waals surface area contributed by atoms with E-state index in [0.717, 1.165) is 19.0 Å². The number of hydrogen-bond acceptors (Lipinski definition) is 3. The van der Waals surface area contributed by atoms with Gasteiger partial charge in [0, 0.05) is 12.7 Å². The predicted octanol–water partition coefficient (Wildman–Crippen LogP) is 1.33. The largest absolute Gasteiger partial charge is 0.352 e. The van der Waals surface area contributed by atoms with Gasteiger partial charge in [0.25, 0.3) is 5.91 Å². The number of rotatable bonds is 6. The minimum Gasteiger partial charge on any atom is -0.352 e. The van der Waals surface area contributed by atoms with E-state index in [4.69, 9.17) is 5.73 Å². The van der Waals surface area contributed by atoms with Crippen LogP contribution < -0.4 is 11.1 Å².